The van der Waals surface area contributed by atoms with Crippen LogP contribution in [0, 0.1) is 19.8 Å². The number of nitrogens with zero attached hydrogens (tertiary/aromatic N) is 2. The zero-order valence-corrected chi connectivity index (χ0v) is 18.0. The lowest BCUT2D eigenvalue weighted by Gasteiger charge is -2.21. The van der Waals surface area contributed by atoms with E-state index in [1.165, 1.54) is 0 Å². The number of nitrogens with one attached hydrogen (secondary N) is 2. The van der Waals surface area contributed by atoms with Gasteiger partial charge in [-0.3, -0.25) is 0 Å². The molecule has 0 spiro atoms. The molecule has 0 unspecified atom stereocenters. The summed E-state index contributed by atoms with van der Waals surface area (Å²) in [5.41, 5.74) is 4.77. The fourth-order valence-electron chi connectivity index (χ4n) is 3.06. The highest BCUT2D eigenvalue weighted by Crippen LogP contribution is 2.31. The quantitative estimate of drug-likeness (QED) is 0.473. The summed E-state index contributed by atoms with van der Waals surface area (Å²) in [6.07, 6.45) is 0. The van der Waals surface area contributed by atoms with Crippen LogP contribution in [-0.4, -0.2) is 27.7 Å². The molecule has 0 amide bonds. The monoisotopic (exact) mass is 410 g/mol. The summed E-state index contributed by atoms with van der Waals surface area (Å²) in [5, 5.41) is 17.1. The number of hydrogen-bond donors (Lipinski definition) is 3. The summed E-state index contributed by atoms with van der Waals surface area (Å²) in [6.45, 7) is 8.12. The molecule has 0 aliphatic carbocycles. The van der Waals surface area contributed by atoms with E-state index in [2.05, 4.69) is 20.6 Å². The first-order valence-electron chi connectivity index (χ1n) is 9.73. The predicted molar refractivity (Wildman–Crippen MR) is 121 cm³/mol. The fourth-order valence-corrected chi connectivity index (χ4v) is 3.22. The van der Waals surface area contributed by atoms with E-state index < -0.39 is 0 Å². The molecule has 0 fully saturated rings. The van der Waals surface area contributed by atoms with Gasteiger partial charge in [-0.15, -0.1) is 0 Å². The molecule has 1 heterocycles. The van der Waals surface area contributed by atoms with Gasteiger partial charge in [0.25, 0.3) is 0 Å². The number of rotatable bonds is 7. The van der Waals surface area contributed by atoms with E-state index in [0.717, 1.165) is 28.1 Å². The van der Waals surface area contributed by atoms with Crippen LogP contribution < -0.4 is 10.6 Å². The lowest BCUT2D eigenvalue weighted by atomic mass is 10.1. The SMILES string of the molecule is Cc1ccc(Cl)c(C)c1Nc1cc(-c2ccccc2)nc(N[C@H](CO)C(C)C)n1. The Morgan fingerprint density at radius 2 is 1.76 bits per heavy atom. The Bertz CT molecular complexity index is 976. The topological polar surface area (TPSA) is 70.1 Å². The van der Waals surface area contributed by atoms with Crippen molar-refractivity contribution in [3.05, 3.63) is 64.7 Å². The molecule has 1 atom stereocenters. The number of aliphatic hydroxyl groups excluding tert-OH is 1. The molecular formula is C23H27ClN4O. The predicted octanol–water partition coefficient (Wildman–Crippen LogP) is 5.59. The van der Waals surface area contributed by atoms with Gasteiger partial charge in [0.2, 0.25) is 5.95 Å². The molecule has 152 valence electrons. The summed E-state index contributed by atoms with van der Waals surface area (Å²) >= 11 is 6.32. The van der Waals surface area contributed by atoms with Gasteiger partial charge in [-0.1, -0.05) is 61.8 Å². The molecule has 3 N–H and O–H groups in total. The second-order valence-electron chi connectivity index (χ2n) is 7.49. The molecule has 3 rings (SSSR count). The van der Waals surface area contributed by atoms with Crippen LogP contribution >= 0.6 is 11.6 Å². The van der Waals surface area contributed by atoms with E-state index >= 15 is 0 Å². The van der Waals surface area contributed by atoms with E-state index in [1.54, 1.807) is 0 Å². The Kier molecular flexibility index (Phi) is 6.72. The average molecular weight is 411 g/mol. The summed E-state index contributed by atoms with van der Waals surface area (Å²) in [6, 6.07) is 15.6. The van der Waals surface area contributed by atoms with Crippen molar-refractivity contribution in [2.75, 3.05) is 17.2 Å². The van der Waals surface area contributed by atoms with Crippen molar-refractivity contribution in [3.8, 4) is 11.3 Å². The molecule has 29 heavy (non-hydrogen) atoms. The van der Waals surface area contributed by atoms with Gasteiger partial charge in [-0.05, 0) is 37.0 Å². The standard InChI is InChI=1S/C23H27ClN4O/c1-14(2)20(13-29)26-23-25-19(17-8-6-5-7-9-17)12-21(28-23)27-22-15(3)10-11-18(24)16(22)4/h5-12,14,20,29H,13H2,1-4H3,(H2,25,26,27,28)/t20-/m1/s1. The Hall–Kier alpha value is -2.63. The molecule has 0 saturated heterocycles. The van der Waals surface area contributed by atoms with Gasteiger partial charge in [0.15, 0.2) is 0 Å². The fraction of sp³-hybridized carbons (Fsp3) is 0.304. The van der Waals surface area contributed by atoms with Crippen molar-refractivity contribution in [1.29, 1.82) is 0 Å². The molecule has 6 heteroatoms. The Labute approximate surface area is 177 Å². The lowest BCUT2D eigenvalue weighted by Crippen LogP contribution is -2.30. The van der Waals surface area contributed by atoms with Crippen LogP contribution in [0.15, 0.2) is 48.5 Å². The summed E-state index contributed by atoms with van der Waals surface area (Å²) in [7, 11) is 0. The van der Waals surface area contributed by atoms with Crippen molar-refractivity contribution >= 4 is 29.1 Å². The highest BCUT2D eigenvalue weighted by molar-refractivity contribution is 6.31. The van der Waals surface area contributed by atoms with Gasteiger partial charge in [0.1, 0.15) is 5.82 Å². The smallest absolute Gasteiger partial charge is 0.225 e. The molecule has 0 aliphatic rings. The average Bonchev–Trinajstić information content (AvgIpc) is 2.72. The van der Waals surface area contributed by atoms with Crippen molar-refractivity contribution in [2.24, 2.45) is 5.92 Å². The van der Waals surface area contributed by atoms with Crippen LogP contribution in [0.1, 0.15) is 25.0 Å². The minimum absolute atomic E-state index is 0.00582. The van der Waals surface area contributed by atoms with Crippen molar-refractivity contribution in [2.45, 2.75) is 33.7 Å². The van der Waals surface area contributed by atoms with Crippen LogP contribution in [0.5, 0.6) is 0 Å². The zero-order valence-electron chi connectivity index (χ0n) is 17.2. The number of hydrogen-bond acceptors (Lipinski definition) is 5. The number of aromatic nitrogens is 2. The molecule has 2 aromatic carbocycles. The van der Waals surface area contributed by atoms with Gasteiger partial charge in [-0.2, -0.15) is 4.98 Å². The molecule has 0 radical (unpaired) electrons. The summed E-state index contributed by atoms with van der Waals surface area (Å²) < 4.78 is 0. The highest BCUT2D eigenvalue weighted by Gasteiger charge is 2.16. The highest BCUT2D eigenvalue weighted by atomic mass is 35.5. The zero-order chi connectivity index (χ0) is 21.0. The third-order valence-corrected chi connectivity index (χ3v) is 5.38. The second-order valence-corrected chi connectivity index (χ2v) is 7.90. The van der Waals surface area contributed by atoms with Gasteiger partial charge < -0.3 is 15.7 Å². The van der Waals surface area contributed by atoms with Crippen LogP contribution in [0.3, 0.4) is 0 Å². The minimum atomic E-state index is -0.136. The van der Waals surface area contributed by atoms with Gasteiger partial charge in [-0.25, -0.2) is 4.98 Å². The van der Waals surface area contributed by atoms with E-state index in [1.807, 2.05) is 76.2 Å². The summed E-state index contributed by atoms with van der Waals surface area (Å²) in [4.78, 5) is 9.33. The maximum Gasteiger partial charge on any atom is 0.225 e. The largest absolute Gasteiger partial charge is 0.394 e. The lowest BCUT2D eigenvalue weighted by molar-refractivity contribution is 0.248. The third kappa shape index (κ3) is 5.05. The van der Waals surface area contributed by atoms with E-state index in [0.29, 0.717) is 16.8 Å². The molecule has 5 nitrogen and oxygen atoms in total. The van der Waals surface area contributed by atoms with Crippen LogP contribution in [0.4, 0.5) is 17.5 Å². The molecular weight excluding hydrogens is 384 g/mol. The van der Waals surface area contributed by atoms with Crippen LogP contribution in [0.25, 0.3) is 11.3 Å². The number of aliphatic hydroxyl groups is 1. The number of aryl methyl sites for hydroxylation is 1. The van der Waals surface area contributed by atoms with Crippen molar-refractivity contribution < 1.29 is 5.11 Å². The van der Waals surface area contributed by atoms with Crippen LogP contribution in [0.2, 0.25) is 5.02 Å². The molecule has 0 bridgehead atoms. The maximum atomic E-state index is 9.70. The van der Waals surface area contributed by atoms with Gasteiger partial charge >= 0.3 is 0 Å². The normalized spacial score (nSPS) is 12.1. The molecule has 0 aliphatic heterocycles. The Morgan fingerprint density at radius 3 is 2.41 bits per heavy atom. The molecule has 1 aromatic heterocycles. The van der Waals surface area contributed by atoms with Gasteiger partial charge in [0, 0.05) is 22.3 Å². The first kappa shape index (κ1) is 21.1. The van der Waals surface area contributed by atoms with Crippen molar-refractivity contribution in [3.63, 3.8) is 0 Å². The minimum Gasteiger partial charge on any atom is -0.394 e. The second kappa shape index (κ2) is 9.25. The van der Waals surface area contributed by atoms with Crippen LogP contribution in [-0.2, 0) is 0 Å². The Morgan fingerprint density at radius 1 is 1.03 bits per heavy atom. The molecule has 0 saturated carbocycles. The van der Waals surface area contributed by atoms with E-state index in [9.17, 15) is 5.11 Å². The number of anilines is 3. The summed E-state index contributed by atoms with van der Waals surface area (Å²) in [5.74, 6) is 1.37. The first-order valence-corrected chi connectivity index (χ1v) is 10.1. The van der Waals surface area contributed by atoms with Gasteiger partial charge in [0.05, 0.1) is 18.3 Å². The van der Waals surface area contributed by atoms with E-state index in [4.69, 9.17) is 11.6 Å². The van der Waals surface area contributed by atoms with Crippen molar-refractivity contribution in [1.82, 2.24) is 9.97 Å². The molecule has 3 aromatic rings. The maximum absolute atomic E-state index is 9.70. The Balaban J connectivity index is 2.04. The first-order chi connectivity index (χ1) is 13.9. The number of benzene rings is 2. The third-order valence-electron chi connectivity index (χ3n) is 4.97. The number of halogens is 1. The van der Waals surface area contributed by atoms with E-state index in [-0.39, 0.29) is 18.6 Å².